The van der Waals surface area contributed by atoms with Gasteiger partial charge in [0.2, 0.25) is 12.7 Å². The zero-order chi connectivity index (χ0) is 22.5. The Balaban J connectivity index is 0.980. The molecule has 33 heavy (non-hydrogen) atoms. The van der Waals surface area contributed by atoms with Gasteiger partial charge in [0.15, 0.2) is 11.5 Å². The molecule has 3 heterocycles. The van der Waals surface area contributed by atoms with E-state index in [1.54, 1.807) is 0 Å². The van der Waals surface area contributed by atoms with Crippen LogP contribution >= 0.6 is 0 Å². The van der Waals surface area contributed by atoms with Crippen molar-refractivity contribution in [1.82, 2.24) is 10.2 Å². The highest BCUT2D eigenvalue weighted by Gasteiger charge is 2.28. The first-order valence-electron chi connectivity index (χ1n) is 13.3. The Morgan fingerprint density at radius 1 is 1.00 bits per heavy atom. The number of benzene rings is 1. The van der Waals surface area contributed by atoms with E-state index in [0.717, 1.165) is 49.7 Å². The molecule has 1 amide bonds. The Morgan fingerprint density at radius 2 is 1.85 bits per heavy atom. The van der Waals surface area contributed by atoms with Crippen LogP contribution in [0.25, 0.3) is 0 Å². The number of carbonyl (C=O) groups is 1. The molecule has 2 saturated heterocycles. The number of amides is 1. The van der Waals surface area contributed by atoms with Crippen molar-refractivity contribution in [3.05, 3.63) is 23.8 Å². The fraction of sp³-hybridized carbons (Fsp3) is 0.741. The van der Waals surface area contributed by atoms with Crippen molar-refractivity contribution >= 4 is 5.91 Å². The van der Waals surface area contributed by atoms with E-state index < -0.39 is 0 Å². The lowest BCUT2D eigenvalue weighted by Gasteiger charge is -2.35. The quantitative estimate of drug-likeness (QED) is 0.649. The van der Waals surface area contributed by atoms with Gasteiger partial charge in [-0.2, -0.15) is 0 Å². The molecule has 6 nitrogen and oxygen atoms in total. The molecule has 1 atom stereocenters. The average molecular weight is 457 g/mol. The van der Waals surface area contributed by atoms with Crippen molar-refractivity contribution in [3.63, 3.8) is 0 Å². The summed E-state index contributed by atoms with van der Waals surface area (Å²) in [5.74, 6) is 3.46. The largest absolute Gasteiger partial charge is 0.454 e. The molecule has 1 aliphatic carbocycles. The molecule has 1 saturated carbocycles. The van der Waals surface area contributed by atoms with Gasteiger partial charge in [-0.3, -0.25) is 4.79 Å². The molecule has 182 valence electrons. The number of fused-ring (bicyclic) bond motifs is 1. The molecule has 4 aliphatic rings. The van der Waals surface area contributed by atoms with E-state index in [2.05, 4.69) is 22.3 Å². The van der Waals surface area contributed by atoms with Crippen molar-refractivity contribution in [2.45, 2.75) is 88.7 Å². The minimum absolute atomic E-state index is 0.142. The highest BCUT2D eigenvalue weighted by molar-refractivity contribution is 5.76. The van der Waals surface area contributed by atoms with Gasteiger partial charge in [0.05, 0.1) is 12.5 Å². The molecule has 5 rings (SSSR count). The van der Waals surface area contributed by atoms with E-state index in [4.69, 9.17) is 14.2 Å². The maximum Gasteiger partial charge on any atom is 0.231 e. The molecule has 1 aromatic carbocycles. The van der Waals surface area contributed by atoms with Crippen LogP contribution in [0.1, 0.15) is 82.1 Å². The lowest BCUT2D eigenvalue weighted by atomic mass is 9.83. The SMILES string of the molecule is O=C(C[C@H]1CCCCO1)NC1CCC(CCN2CCC(c3cccc4c3OCO4)CC2)CC1. The Morgan fingerprint density at radius 3 is 2.64 bits per heavy atom. The first kappa shape index (κ1) is 23.0. The molecule has 0 bridgehead atoms. The summed E-state index contributed by atoms with van der Waals surface area (Å²) in [4.78, 5) is 15.0. The van der Waals surface area contributed by atoms with Crippen LogP contribution in [-0.4, -0.2) is 56.0 Å². The molecule has 3 fully saturated rings. The van der Waals surface area contributed by atoms with Gasteiger partial charge in [-0.25, -0.2) is 0 Å². The minimum atomic E-state index is 0.142. The summed E-state index contributed by atoms with van der Waals surface area (Å²) in [7, 11) is 0. The van der Waals surface area contributed by atoms with Crippen molar-refractivity contribution in [2.75, 3.05) is 33.0 Å². The smallest absolute Gasteiger partial charge is 0.231 e. The number of ether oxygens (including phenoxy) is 3. The van der Waals surface area contributed by atoms with Crippen LogP contribution in [0.4, 0.5) is 0 Å². The van der Waals surface area contributed by atoms with Crippen molar-refractivity contribution in [2.24, 2.45) is 5.92 Å². The van der Waals surface area contributed by atoms with Gasteiger partial charge in [-0.15, -0.1) is 0 Å². The van der Waals surface area contributed by atoms with Crippen LogP contribution in [0.5, 0.6) is 11.5 Å². The second-order valence-electron chi connectivity index (χ2n) is 10.5. The lowest BCUT2D eigenvalue weighted by molar-refractivity contribution is -0.125. The van der Waals surface area contributed by atoms with E-state index >= 15 is 0 Å². The number of hydrogen-bond acceptors (Lipinski definition) is 5. The number of likely N-dealkylation sites (tertiary alicyclic amines) is 1. The number of rotatable bonds is 7. The second kappa shape index (κ2) is 11.1. The summed E-state index contributed by atoms with van der Waals surface area (Å²) in [5.41, 5.74) is 1.33. The van der Waals surface area contributed by atoms with Crippen LogP contribution in [-0.2, 0) is 9.53 Å². The van der Waals surface area contributed by atoms with Crippen molar-refractivity contribution in [1.29, 1.82) is 0 Å². The maximum atomic E-state index is 12.4. The predicted molar refractivity (Wildman–Crippen MR) is 128 cm³/mol. The topological polar surface area (TPSA) is 60.0 Å². The minimum Gasteiger partial charge on any atom is -0.454 e. The van der Waals surface area contributed by atoms with Crippen molar-refractivity contribution in [3.8, 4) is 11.5 Å². The van der Waals surface area contributed by atoms with Crippen LogP contribution in [0.2, 0.25) is 0 Å². The molecule has 0 radical (unpaired) electrons. The third kappa shape index (κ3) is 6.02. The Labute approximate surface area is 198 Å². The molecule has 3 aliphatic heterocycles. The van der Waals surface area contributed by atoms with Crippen LogP contribution < -0.4 is 14.8 Å². The molecule has 0 aromatic heterocycles. The molecular formula is C27H40N2O4. The molecule has 6 heteroatoms. The van der Waals surface area contributed by atoms with E-state index in [0.29, 0.717) is 25.2 Å². The summed E-state index contributed by atoms with van der Waals surface area (Å²) >= 11 is 0. The Hall–Kier alpha value is -1.79. The van der Waals surface area contributed by atoms with E-state index in [9.17, 15) is 4.79 Å². The Kier molecular flexibility index (Phi) is 7.72. The number of piperidine rings is 1. The van der Waals surface area contributed by atoms with Crippen molar-refractivity contribution < 1.29 is 19.0 Å². The molecule has 0 unspecified atom stereocenters. The normalized spacial score (nSPS) is 28.5. The van der Waals surface area contributed by atoms with Gasteiger partial charge in [-0.1, -0.05) is 12.1 Å². The van der Waals surface area contributed by atoms with Crippen LogP contribution in [0, 0.1) is 5.92 Å². The lowest BCUT2D eigenvalue weighted by Crippen LogP contribution is -2.40. The van der Waals surface area contributed by atoms with Gasteiger partial charge in [0, 0.05) is 18.2 Å². The van der Waals surface area contributed by atoms with Crippen LogP contribution in [0.15, 0.2) is 18.2 Å². The van der Waals surface area contributed by atoms with Crippen LogP contribution in [0.3, 0.4) is 0 Å². The van der Waals surface area contributed by atoms with Gasteiger partial charge >= 0.3 is 0 Å². The summed E-state index contributed by atoms with van der Waals surface area (Å²) in [6.45, 7) is 4.72. The number of carbonyl (C=O) groups excluding carboxylic acids is 1. The standard InChI is InChI=1S/C27H40N2O4/c30-26(18-23-4-1-2-17-31-23)28-22-9-7-20(8-10-22)11-14-29-15-12-21(13-16-29)24-5-3-6-25-27(24)33-19-32-25/h3,5-6,20-23H,1-2,4,7-19H2,(H,28,30)/t20?,22?,23-/m1/s1. The predicted octanol–water partition coefficient (Wildman–Crippen LogP) is 4.62. The van der Waals surface area contributed by atoms with Gasteiger partial charge in [0.1, 0.15) is 0 Å². The first-order valence-corrected chi connectivity index (χ1v) is 13.3. The van der Waals surface area contributed by atoms with E-state index in [1.165, 1.54) is 63.7 Å². The monoisotopic (exact) mass is 456 g/mol. The zero-order valence-electron chi connectivity index (χ0n) is 19.9. The van der Waals surface area contributed by atoms with Gasteiger partial charge in [-0.05, 0) is 102 Å². The number of nitrogens with one attached hydrogen (secondary N) is 1. The number of nitrogens with zero attached hydrogens (tertiary/aromatic N) is 1. The maximum absolute atomic E-state index is 12.4. The number of para-hydroxylation sites is 1. The summed E-state index contributed by atoms with van der Waals surface area (Å²) in [6.07, 6.45) is 12.5. The zero-order valence-corrected chi connectivity index (χ0v) is 19.9. The highest BCUT2D eigenvalue weighted by Crippen LogP contribution is 2.42. The molecule has 1 N–H and O–H groups in total. The fourth-order valence-corrected chi connectivity index (χ4v) is 6.16. The summed E-state index contributed by atoms with van der Waals surface area (Å²) in [6, 6.07) is 6.68. The molecular weight excluding hydrogens is 416 g/mol. The average Bonchev–Trinajstić information content (AvgIpc) is 3.34. The van der Waals surface area contributed by atoms with E-state index in [1.807, 2.05) is 6.07 Å². The first-order chi connectivity index (χ1) is 16.2. The van der Waals surface area contributed by atoms with Gasteiger partial charge < -0.3 is 24.4 Å². The highest BCUT2D eigenvalue weighted by atomic mass is 16.7. The third-order valence-corrected chi connectivity index (χ3v) is 8.21. The third-order valence-electron chi connectivity index (χ3n) is 8.21. The fourth-order valence-electron chi connectivity index (χ4n) is 6.16. The number of hydrogen-bond donors (Lipinski definition) is 1. The summed E-state index contributed by atoms with van der Waals surface area (Å²) in [5, 5.41) is 3.28. The molecule has 1 aromatic rings. The van der Waals surface area contributed by atoms with Gasteiger partial charge in [0.25, 0.3) is 0 Å². The summed E-state index contributed by atoms with van der Waals surface area (Å²) < 4.78 is 17.0. The Bertz CT molecular complexity index is 778. The van der Waals surface area contributed by atoms with E-state index in [-0.39, 0.29) is 12.0 Å². The second-order valence-corrected chi connectivity index (χ2v) is 10.5. The molecule has 0 spiro atoms.